The molecule has 1 fully saturated rings. The molecule has 0 radical (unpaired) electrons. The predicted octanol–water partition coefficient (Wildman–Crippen LogP) is 4.04. The Balaban J connectivity index is 1.33. The van der Waals surface area contributed by atoms with Gasteiger partial charge in [0.1, 0.15) is 0 Å². The SMILES string of the molecule is CCOc1ccc(/C=C/C(=O)N2CCN(c3nnc(-c4cccs4)s3)CC2)cc1OC. The van der Waals surface area contributed by atoms with Gasteiger partial charge in [-0.2, -0.15) is 0 Å². The lowest BCUT2D eigenvalue weighted by molar-refractivity contribution is -0.126. The lowest BCUT2D eigenvalue weighted by Crippen LogP contribution is -2.48. The summed E-state index contributed by atoms with van der Waals surface area (Å²) in [7, 11) is 1.61. The summed E-state index contributed by atoms with van der Waals surface area (Å²) in [5.41, 5.74) is 0.891. The summed E-state index contributed by atoms with van der Waals surface area (Å²) >= 11 is 3.26. The van der Waals surface area contributed by atoms with Crippen molar-refractivity contribution >= 4 is 39.8 Å². The zero-order valence-electron chi connectivity index (χ0n) is 17.5. The number of amides is 1. The fraction of sp³-hybridized carbons (Fsp3) is 0.318. The van der Waals surface area contributed by atoms with E-state index in [1.165, 1.54) is 0 Å². The number of piperazine rings is 1. The van der Waals surface area contributed by atoms with Crippen LogP contribution in [-0.4, -0.2) is 60.9 Å². The predicted molar refractivity (Wildman–Crippen MR) is 125 cm³/mol. The van der Waals surface area contributed by atoms with Crippen LogP contribution in [0.5, 0.6) is 11.5 Å². The molecule has 162 valence electrons. The zero-order valence-corrected chi connectivity index (χ0v) is 19.1. The van der Waals surface area contributed by atoms with E-state index in [-0.39, 0.29) is 5.91 Å². The van der Waals surface area contributed by atoms with Crippen molar-refractivity contribution in [3.8, 4) is 21.4 Å². The average Bonchev–Trinajstić information content (AvgIpc) is 3.50. The maximum atomic E-state index is 12.6. The molecule has 1 aliphatic rings. The smallest absolute Gasteiger partial charge is 0.246 e. The highest BCUT2D eigenvalue weighted by molar-refractivity contribution is 7.22. The van der Waals surface area contributed by atoms with E-state index in [9.17, 15) is 4.79 Å². The molecule has 0 unspecified atom stereocenters. The summed E-state index contributed by atoms with van der Waals surface area (Å²) in [6, 6.07) is 9.71. The first kappa shape index (κ1) is 21.3. The largest absolute Gasteiger partial charge is 0.493 e. The Morgan fingerprint density at radius 1 is 1.16 bits per heavy atom. The van der Waals surface area contributed by atoms with Crippen molar-refractivity contribution < 1.29 is 14.3 Å². The number of thiophene rings is 1. The van der Waals surface area contributed by atoms with Crippen molar-refractivity contribution in [3.63, 3.8) is 0 Å². The van der Waals surface area contributed by atoms with E-state index in [1.807, 2.05) is 47.5 Å². The van der Waals surface area contributed by atoms with Crippen molar-refractivity contribution in [2.45, 2.75) is 6.92 Å². The fourth-order valence-corrected chi connectivity index (χ4v) is 4.99. The van der Waals surface area contributed by atoms with Crippen molar-refractivity contribution in [2.24, 2.45) is 0 Å². The van der Waals surface area contributed by atoms with Gasteiger partial charge in [-0.15, -0.1) is 21.5 Å². The zero-order chi connectivity index (χ0) is 21.6. The Labute approximate surface area is 189 Å². The molecule has 0 spiro atoms. The second kappa shape index (κ2) is 9.93. The van der Waals surface area contributed by atoms with Gasteiger partial charge in [0.25, 0.3) is 0 Å². The number of hydrogen-bond acceptors (Lipinski definition) is 8. The van der Waals surface area contributed by atoms with Crippen LogP contribution in [0, 0.1) is 0 Å². The highest BCUT2D eigenvalue weighted by Gasteiger charge is 2.22. The first-order valence-electron chi connectivity index (χ1n) is 10.1. The minimum atomic E-state index is 0.00374. The van der Waals surface area contributed by atoms with E-state index in [0.717, 1.165) is 33.7 Å². The number of carbonyl (C=O) groups is 1. The molecule has 0 bridgehead atoms. The van der Waals surface area contributed by atoms with Gasteiger partial charge in [-0.1, -0.05) is 23.5 Å². The summed E-state index contributed by atoms with van der Waals surface area (Å²) in [6.45, 7) is 5.31. The summed E-state index contributed by atoms with van der Waals surface area (Å²) in [6.07, 6.45) is 3.43. The quantitative estimate of drug-likeness (QED) is 0.500. The number of nitrogens with zero attached hydrogens (tertiary/aromatic N) is 4. The molecular weight excluding hydrogens is 432 g/mol. The molecule has 7 nitrogen and oxygen atoms in total. The number of benzene rings is 1. The third-order valence-corrected chi connectivity index (χ3v) is 6.94. The van der Waals surface area contributed by atoms with Gasteiger partial charge >= 0.3 is 0 Å². The summed E-state index contributed by atoms with van der Waals surface area (Å²) in [5, 5.41) is 12.5. The van der Waals surface area contributed by atoms with Gasteiger partial charge in [-0.05, 0) is 42.1 Å². The molecule has 0 atom stereocenters. The molecule has 9 heteroatoms. The Hall–Kier alpha value is -2.91. The fourth-order valence-electron chi connectivity index (χ4n) is 3.30. The van der Waals surface area contributed by atoms with Crippen LogP contribution in [-0.2, 0) is 4.79 Å². The number of hydrogen-bond donors (Lipinski definition) is 0. The van der Waals surface area contributed by atoms with Gasteiger partial charge in [-0.3, -0.25) is 4.79 Å². The number of rotatable bonds is 7. The lowest BCUT2D eigenvalue weighted by Gasteiger charge is -2.33. The molecule has 3 heterocycles. The molecule has 1 aliphatic heterocycles. The second-order valence-corrected chi connectivity index (χ2v) is 8.76. The Morgan fingerprint density at radius 3 is 2.71 bits per heavy atom. The first-order valence-corrected chi connectivity index (χ1v) is 11.8. The Kier molecular flexibility index (Phi) is 6.83. The number of aromatic nitrogens is 2. The van der Waals surface area contributed by atoms with Crippen LogP contribution < -0.4 is 14.4 Å². The topological polar surface area (TPSA) is 67.8 Å². The highest BCUT2D eigenvalue weighted by Crippen LogP contribution is 2.32. The van der Waals surface area contributed by atoms with Crippen LogP contribution in [0.4, 0.5) is 5.13 Å². The monoisotopic (exact) mass is 456 g/mol. The van der Waals surface area contributed by atoms with E-state index in [2.05, 4.69) is 21.2 Å². The molecule has 0 saturated carbocycles. The van der Waals surface area contributed by atoms with Gasteiger partial charge in [0.05, 0.1) is 18.6 Å². The maximum Gasteiger partial charge on any atom is 0.246 e. The van der Waals surface area contributed by atoms with E-state index < -0.39 is 0 Å². The molecule has 1 amide bonds. The van der Waals surface area contributed by atoms with E-state index in [0.29, 0.717) is 31.2 Å². The summed E-state index contributed by atoms with van der Waals surface area (Å²) in [5.74, 6) is 1.36. The van der Waals surface area contributed by atoms with E-state index in [1.54, 1.807) is 35.9 Å². The van der Waals surface area contributed by atoms with Gasteiger partial charge in [0.2, 0.25) is 11.0 Å². The number of ether oxygens (including phenoxy) is 2. The van der Waals surface area contributed by atoms with Crippen molar-refractivity contribution in [1.29, 1.82) is 0 Å². The molecule has 31 heavy (non-hydrogen) atoms. The average molecular weight is 457 g/mol. The van der Waals surface area contributed by atoms with Crippen LogP contribution in [0.25, 0.3) is 16.0 Å². The normalized spacial score (nSPS) is 14.3. The third-order valence-electron chi connectivity index (χ3n) is 4.91. The van der Waals surface area contributed by atoms with Gasteiger partial charge in [0.15, 0.2) is 16.5 Å². The minimum Gasteiger partial charge on any atom is -0.493 e. The molecule has 1 saturated heterocycles. The Morgan fingerprint density at radius 2 is 2.00 bits per heavy atom. The van der Waals surface area contributed by atoms with E-state index >= 15 is 0 Å². The molecule has 0 N–H and O–H groups in total. The molecule has 3 aromatic rings. The number of methoxy groups -OCH3 is 1. The number of anilines is 1. The third kappa shape index (κ3) is 5.05. The summed E-state index contributed by atoms with van der Waals surface area (Å²) < 4.78 is 10.9. The molecule has 2 aromatic heterocycles. The molecule has 4 rings (SSSR count). The van der Waals surface area contributed by atoms with Crippen molar-refractivity contribution in [1.82, 2.24) is 15.1 Å². The molecule has 1 aromatic carbocycles. The van der Waals surface area contributed by atoms with Crippen molar-refractivity contribution in [2.75, 3.05) is 44.8 Å². The maximum absolute atomic E-state index is 12.6. The number of carbonyl (C=O) groups excluding carboxylic acids is 1. The highest BCUT2D eigenvalue weighted by atomic mass is 32.1. The van der Waals surface area contributed by atoms with Gasteiger partial charge in [-0.25, -0.2) is 0 Å². The van der Waals surface area contributed by atoms with Crippen LogP contribution in [0.1, 0.15) is 12.5 Å². The van der Waals surface area contributed by atoms with Gasteiger partial charge < -0.3 is 19.3 Å². The minimum absolute atomic E-state index is 0.00374. The standard InChI is InChI=1S/C22H24N4O3S2/c1-3-29-17-8-6-16(15-18(17)28-2)7-9-20(27)25-10-12-26(13-11-25)22-24-23-21(31-22)19-5-4-14-30-19/h4-9,14-15H,3,10-13H2,1-2H3/b9-7+. The first-order chi connectivity index (χ1) is 15.2. The summed E-state index contributed by atoms with van der Waals surface area (Å²) in [4.78, 5) is 17.8. The second-order valence-electron chi connectivity index (χ2n) is 6.86. The van der Waals surface area contributed by atoms with Crippen LogP contribution in [0.15, 0.2) is 41.8 Å². The van der Waals surface area contributed by atoms with Crippen molar-refractivity contribution in [3.05, 3.63) is 47.4 Å². The van der Waals surface area contributed by atoms with E-state index in [4.69, 9.17) is 9.47 Å². The van der Waals surface area contributed by atoms with Crippen LogP contribution in [0.3, 0.4) is 0 Å². The lowest BCUT2D eigenvalue weighted by atomic mass is 10.2. The van der Waals surface area contributed by atoms with Crippen LogP contribution in [0.2, 0.25) is 0 Å². The molecule has 0 aliphatic carbocycles. The Bertz CT molecular complexity index is 1040. The molecular formula is C22H24N4O3S2. The van der Waals surface area contributed by atoms with Gasteiger partial charge in [0, 0.05) is 32.3 Å². The van der Waals surface area contributed by atoms with Crippen LogP contribution >= 0.6 is 22.7 Å².